The topological polar surface area (TPSA) is 45.9 Å². The van der Waals surface area contributed by atoms with Gasteiger partial charge in [0.2, 0.25) is 0 Å². The fourth-order valence-electron chi connectivity index (χ4n) is 1.92. The highest BCUT2D eigenvalue weighted by molar-refractivity contribution is 5.29. The fourth-order valence-corrected chi connectivity index (χ4v) is 1.92. The van der Waals surface area contributed by atoms with Crippen molar-refractivity contribution in [1.29, 1.82) is 5.26 Å². The summed E-state index contributed by atoms with van der Waals surface area (Å²) in [5.41, 5.74) is 1.38. The van der Waals surface area contributed by atoms with E-state index in [1.54, 1.807) is 6.20 Å². The summed E-state index contributed by atoms with van der Waals surface area (Å²) < 4.78 is 5.74. The van der Waals surface area contributed by atoms with Crippen LogP contribution in [0, 0.1) is 11.3 Å². The van der Waals surface area contributed by atoms with E-state index in [-0.39, 0.29) is 0 Å². The first-order valence-electron chi connectivity index (χ1n) is 5.36. The van der Waals surface area contributed by atoms with Crippen molar-refractivity contribution in [1.82, 2.24) is 4.98 Å². The van der Waals surface area contributed by atoms with E-state index >= 15 is 0 Å². The Bertz CT molecular complexity index is 364. The highest BCUT2D eigenvalue weighted by Gasteiger charge is 2.15. The Morgan fingerprint density at radius 3 is 3.00 bits per heavy atom. The van der Waals surface area contributed by atoms with Gasteiger partial charge in [0.1, 0.15) is 11.8 Å². The van der Waals surface area contributed by atoms with Crippen molar-refractivity contribution in [2.24, 2.45) is 0 Å². The molecule has 1 fully saturated rings. The summed E-state index contributed by atoms with van der Waals surface area (Å²) in [7, 11) is 0. The van der Waals surface area contributed by atoms with Gasteiger partial charge in [0.25, 0.3) is 0 Å². The molecule has 1 aromatic rings. The van der Waals surface area contributed by atoms with Crippen LogP contribution in [0.3, 0.4) is 0 Å². The molecule has 3 heteroatoms. The molecular formula is C12H14N2O. The third kappa shape index (κ3) is 2.54. The molecule has 15 heavy (non-hydrogen) atoms. The van der Waals surface area contributed by atoms with Crippen molar-refractivity contribution >= 4 is 0 Å². The van der Waals surface area contributed by atoms with Gasteiger partial charge in [-0.3, -0.25) is 0 Å². The summed E-state index contributed by atoms with van der Waals surface area (Å²) in [6.45, 7) is 0.515. The third-order valence-corrected chi connectivity index (χ3v) is 2.77. The molecule has 1 aliphatic carbocycles. The Morgan fingerprint density at radius 2 is 2.27 bits per heavy atom. The van der Waals surface area contributed by atoms with Crippen LogP contribution in [0.5, 0.6) is 0 Å². The average molecular weight is 202 g/mol. The van der Waals surface area contributed by atoms with Crippen LogP contribution in [-0.2, 0) is 11.3 Å². The molecule has 0 bridgehead atoms. The van der Waals surface area contributed by atoms with Gasteiger partial charge in [-0.25, -0.2) is 4.98 Å². The Labute approximate surface area is 89.7 Å². The maximum absolute atomic E-state index is 8.84. The number of nitrogens with zero attached hydrogens (tertiary/aromatic N) is 2. The zero-order chi connectivity index (χ0) is 10.5. The van der Waals surface area contributed by atoms with E-state index < -0.39 is 0 Å². The van der Waals surface area contributed by atoms with Crippen LogP contribution in [0.25, 0.3) is 0 Å². The summed E-state index contributed by atoms with van der Waals surface area (Å²) >= 11 is 0. The number of hydrogen-bond donors (Lipinski definition) is 0. The van der Waals surface area contributed by atoms with Crippen LogP contribution < -0.4 is 0 Å². The molecule has 0 spiro atoms. The quantitative estimate of drug-likeness (QED) is 0.756. The van der Waals surface area contributed by atoms with Crippen LogP contribution in [0.1, 0.15) is 36.9 Å². The monoisotopic (exact) mass is 202 g/mol. The number of hydrogen-bond acceptors (Lipinski definition) is 3. The van der Waals surface area contributed by atoms with Crippen LogP contribution in [0.2, 0.25) is 0 Å². The molecule has 2 rings (SSSR count). The number of rotatable bonds is 3. The van der Waals surface area contributed by atoms with E-state index in [0.717, 1.165) is 18.4 Å². The van der Waals surface area contributed by atoms with E-state index in [9.17, 15) is 0 Å². The molecule has 0 unspecified atom stereocenters. The Kier molecular flexibility index (Phi) is 3.31. The summed E-state index contributed by atoms with van der Waals surface area (Å²) in [5, 5.41) is 8.84. The second-order valence-electron chi connectivity index (χ2n) is 3.84. The number of pyridine rings is 1. The molecule has 1 aliphatic rings. The molecule has 0 aliphatic heterocycles. The van der Waals surface area contributed by atoms with Gasteiger partial charge in [0, 0.05) is 11.8 Å². The van der Waals surface area contributed by atoms with Crippen molar-refractivity contribution in [3.05, 3.63) is 29.6 Å². The second-order valence-corrected chi connectivity index (χ2v) is 3.84. The maximum Gasteiger partial charge on any atom is 0.145 e. The van der Waals surface area contributed by atoms with Crippen molar-refractivity contribution in [3.63, 3.8) is 0 Å². The molecule has 1 aromatic heterocycles. The van der Waals surface area contributed by atoms with Crippen LogP contribution in [-0.4, -0.2) is 11.1 Å². The van der Waals surface area contributed by atoms with Gasteiger partial charge in [-0.15, -0.1) is 0 Å². The molecule has 0 saturated heterocycles. The van der Waals surface area contributed by atoms with E-state index in [2.05, 4.69) is 11.1 Å². The molecule has 0 radical (unpaired) electrons. The average Bonchev–Trinajstić information content (AvgIpc) is 2.79. The van der Waals surface area contributed by atoms with Crippen LogP contribution >= 0.6 is 0 Å². The first-order chi connectivity index (χ1) is 7.40. The summed E-state index contributed by atoms with van der Waals surface area (Å²) in [6.07, 6.45) is 6.87. The lowest BCUT2D eigenvalue weighted by atomic mass is 10.2. The maximum atomic E-state index is 8.84. The second kappa shape index (κ2) is 4.90. The van der Waals surface area contributed by atoms with Crippen LogP contribution in [0.15, 0.2) is 18.3 Å². The SMILES string of the molecule is N#Cc1ncccc1COC1CCCC1. The summed E-state index contributed by atoms with van der Waals surface area (Å²) in [5.74, 6) is 0. The molecule has 1 heterocycles. The molecule has 0 amide bonds. The molecule has 3 nitrogen and oxygen atoms in total. The van der Waals surface area contributed by atoms with Crippen molar-refractivity contribution in [2.75, 3.05) is 0 Å². The zero-order valence-electron chi connectivity index (χ0n) is 8.65. The van der Waals surface area contributed by atoms with Gasteiger partial charge in [-0.1, -0.05) is 18.9 Å². The molecule has 1 saturated carbocycles. The van der Waals surface area contributed by atoms with Crippen LogP contribution in [0.4, 0.5) is 0 Å². The minimum atomic E-state index is 0.386. The Morgan fingerprint density at radius 1 is 1.47 bits per heavy atom. The zero-order valence-corrected chi connectivity index (χ0v) is 8.65. The normalized spacial score (nSPS) is 16.5. The van der Waals surface area contributed by atoms with E-state index in [1.807, 2.05) is 12.1 Å². The lowest BCUT2D eigenvalue weighted by Gasteiger charge is -2.11. The van der Waals surface area contributed by atoms with E-state index in [1.165, 1.54) is 12.8 Å². The summed E-state index contributed by atoms with van der Waals surface area (Å²) in [4.78, 5) is 4.00. The van der Waals surface area contributed by atoms with Gasteiger partial charge in [0.05, 0.1) is 12.7 Å². The Hall–Kier alpha value is -1.40. The summed E-state index contributed by atoms with van der Waals surface area (Å²) in [6, 6.07) is 5.82. The van der Waals surface area contributed by atoms with Crippen molar-refractivity contribution < 1.29 is 4.74 Å². The predicted molar refractivity (Wildman–Crippen MR) is 56.0 cm³/mol. The highest BCUT2D eigenvalue weighted by atomic mass is 16.5. The number of ether oxygens (including phenoxy) is 1. The van der Waals surface area contributed by atoms with Gasteiger partial charge in [-0.05, 0) is 18.9 Å². The fraction of sp³-hybridized carbons (Fsp3) is 0.500. The number of aromatic nitrogens is 1. The molecule has 0 aromatic carbocycles. The van der Waals surface area contributed by atoms with Gasteiger partial charge >= 0.3 is 0 Å². The predicted octanol–water partition coefficient (Wildman–Crippen LogP) is 2.41. The minimum absolute atomic E-state index is 0.386. The van der Waals surface area contributed by atoms with Gasteiger partial charge in [0.15, 0.2) is 0 Å². The molecule has 0 N–H and O–H groups in total. The highest BCUT2D eigenvalue weighted by Crippen LogP contribution is 2.22. The lowest BCUT2D eigenvalue weighted by molar-refractivity contribution is 0.0454. The van der Waals surface area contributed by atoms with E-state index in [0.29, 0.717) is 18.4 Å². The first-order valence-corrected chi connectivity index (χ1v) is 5.36. The van der Waals surface area contributed by atoms with Gasteiger partial charge < -0.3 is 4.74 Å². The minimum Gasteiger partial charge on any atom is -0.373 e. The largest absolute Gasteiger partial charge is 0.373 e. The first kappa shape index (κ1) is 10.1. The molecular weight excluding hydrogens is 188 g/mol. The lowest BCUT2D eigenvalue weighted by Crippen LogP contribution is -2.08. The van der Waals surface area contributed by atoms with Gasteiger partial charge in [-0.2, -0.15) is 5.26 Å². The molecule has 0 atom stereocenters. The Balaban J connectivity index is 1.95. The van der Waals surface area contributed by atoms with Crippen molar-refractivity contribution in [3.8, 4) is 6.07 Å². The third-order valence-electron chi connectivity index (χ3n) is 2.77. The number of nitriles is 1. The standard InChI is InChI=1S/C12H14N2O/c13-8-12-10(4-3-7-14-12)9-15-11-5-1-2-6-11/h3-4,7,11H,1-2,5-6,9H2. The van der Waals surface area contributed by atoms with Crippen molar-refractivity contribution in [2.45, 2.75) is 38.4 Å². The van der Waals surface area contributed by atoms with E-state index in [4.69, 9.17) is 10.00 Å². The smallest absolute Gasteiger partial charge is 0.145 e. The molecule has 78 valence electrons.